The zero-order valence-corrected chi connectivity index (χ0v) is 9.91. The summed E-state index contributed by atoms with van der Waals surface area (Å²) in [5.41, 5.74) is 0. The second-order valence-corrected chi connectivity index (χ2v) is 4.46. The molecule has 2 aromatic rings. The van der Waals surface area contributed by atoms with Gasteiger partial charge in [0.1, 0.15) is 0 Å². The molecule has 1 aliphatic carbocycles. The summed E-state index contributed by atoms with van der Waals surface area (Å²) in [4.78, 5) is 0. The first kappa shape index (κ1) is 10.8. The number of aromatic nitrogens is 2. The van der Waals surface area contributed by atoms with Gasteiger partial charge < -0.3 is 14.2 Å². The molecule has 2 heterocycles. The number of rotatable bonds is 5. The molecular weight excluding hydrogens is 242 g/mol. The Bertz CT molecular complexity index is 504. The zero-order valence-electron chi connectivity index (χ0n) is 9.15. The van der Waals surface area contributed by atoms with Crippen LogP contribution in [0.1, 0.15) is 18.7 Å². The van der Waals surface area contributed by atoms with Gasteiger partial charge >= 0.3 is 0 Å². The maximum atomic E-state index is 5.68. The first-order valence-electron chi connectivity index (χ1n) is 5.63. The van der Waals surface area contributed by atoms with E-state index in [0.29, 0.717) is 28.8 Å². The largest absolute Gasteiger partial charge is 0.440 e. The molecule has 6 heteroatoms. The third-order valence-corrected chi connectivity index (χ3v) is 2.80. The van der Waals surface area contributed by atoms with Crippen molar-refractivity contribution >= 4 is 11.6 Å². The van der Waals surface area contributed by atoms with Crippen molar-refractivity contribution in [2.75, 3.05) is 6.54 Å². The maximum Gasteiger partial charge on any atom is 0.283 e. The molecule has 0 saturated heterocycles. The highest BCUT2D eigenvalue weighted by atomic mass is 35.5. The first-order chi connectivity index (χ1) is 8.31. The molecule has 1 saturated carbocycles. The predicted molar refractivity (Wildman–Crippen MR) is 61.7 cm³/mol. The molecule has 0 radical (unpaired) electrons. The number of nitrogens with zero attached hydrogens (tertiary/aromatic N) is 2. The van der Waals surface area contributed by atoms with Gasteiger partial charge in [0.2, 0.25) is 5.89 Å². The number of halogens is 1. The van der Waals surface area contributed by atoms with Crippen LogP contribution in [0.4, 0.5) is 0 Å². The molecule has 0 atom stereocenters. The van der Waals surface area contributed by atoms with Gasteiger partial charge in [-0.25, -0.2) is 0 Å². The summed E-state index contributed by atoms with van der Waals surface area (Å²) in [6.07, 6.45) is 3.29. The van der Waals surface area contributed by atoms with Crippen LogP contribution in [0.25, 0.3) is 11.7 Å². The van der Waals surface area contributed by atoms with Crippen molar-refractivity contribution in [2.24, 2.45) is 0 Å². The normalized spacial score (nSPS) is 15.4. The van der Waals surface area contributed by atoms with Gasteiger partial charge in [0, 0.05) is 19.0 Å². The molecule has 0 aliphatic heterocycles. The van der Waals surface area contributed by atoms with E-state index in [2.05, 4.69) is 15.5 Å². The second-order valence-electron chi connectivity index (χ2n) is 4.08. The molecule has 0 aromatic carbocycles. The van der Waals surface area contributed by atoms with E-state index >= 15 is 0 Å². The van der Waals surface area contributed by atoms with Gasteiger partial charge in [0.05, 0.1) is 0 Å². The fourth-order valence-corrected chi connectivity index (χ4v) is 1.70. The average Bonchev–Trinajstić information content (AvgIpc) is 2.85. The van der Waals surface area contributed by atoms with Crippen molar-refractivity contribution in [1.29, 1.82) is 0 Å². The third-order valence-electron chi connectivity index (χ3n) is 2.60. The summed E-state index contributed by atoms with van der Waals surface area (Å²) < 4.78 is 10.7. The molecule has 2 aromatic heterocycles. The molecule has 1 fully saturated rings. The molecule has 5 nitrogen and oxygen atoms in total. The first-order valence-corrected chi connectivity index (χ1v) is 6.00. The smallest absolute Gasteiger partial charge is 0.283 e. The lowest BCUT2D eigenvalue weighted by Gasteiger charge is -1.97. The highest BCUT2D eigenvalue weighted by molar-refractivity contribution is 6.28. The molecule has 0 spiro atoms. The Labute approximate surface area is 103 Å². The maximum absolute atomic E-state index is 5.68. The van der Waals surface area contributed by atoms with E-state index in [1.165, 1.54) is 12.8 Å². The molecule has 0 bridgehead atoms. The van der Waals surface area contributed by atoms with Gasteiger partial charge in [-0.3, -0.25) is 0 Å². The highest BCUT2D eigenvalue weighted by Crippen LogP contribution is 2.23. The minimum atomic E-state index is 0.315. The van der Waals surface area contributed by atoms with Gasteiger partial charge in [0.15, 0.2) is 11.0 Å². The Hall–Kier alpha value is -1.33. The van der Waals surface area contributed by atoms with Crippen LogP contribution >= 0.6 is 11.6 Å². The summed E-state index contributed by atoms with van der Waals surface area (Å²) in [5.74, 6) is 1.49. The molecule has 1 N–H and O–H groups in total. The fourth-order valence-electron chi connectivity index (χ4n) is 1.55. The molecular formula is C11H12ClN3O2. The number of hydrogen-bond acceptors (Lipinski definition) is 5. The average molecular weight is 254 g/mol. The Morgan fingerprint density at radius 3 is 2.88 bits per heavy atom. The Kier molecular flexibility index (Phi) is 2.86. The lowest BCUT2D eigenvalue weighted by atomic mass is 10.4. The van der Waals surface area contributed by atoms with Crippen molar-refractivity contribution in [3.63, 3.8) is 0 Å². The molecule has 0 unspecified atom stereocenters. The lowest BCUT2D eigenvalue weighted by molar-refractivity contribution is 0.473. The van der Waals surface area contributed by atoms with Crippen LogP contribution in [-0.2, 0) is 6.42 Å². The zero-order chi connectivity index (χ0) is 11.7. The minimum Gasteiger partial charge on any atom is -0.440 e. The lowest BCUT2D eigenvalue weighted by Crippen LogP contribution is -2.19. The van der Waals surface area contributed by atoms with Crippen LogP contribution in [0.5, 0.6) is 0 Å². The van der Waals surface area contributed by atoms with E-state index in [4.69, 9.17) is 20.4 Å². The van der Waals surface area contributed by atoms with Crippen molar-refractivity contribution in [2.45, 2.75) is 25.3 Å². The Balaban J connectivity index is 1.61. The molecule has 17 heavy (non-hydrogen) atoms. The summed E-state index contributed by atoms with van der Waals surface area (Å²) in [6.45, 7) is 0.866. The van der Waals surface area contributed by atoms with Gasteiger partial charge in [-0.15, -0.1) is 10.2 Å². The monoisotopic (exact) mass is 253 g/mol. The summed E-state index contributed by atoms with van der Waals surface area (Å²) in [6, 6.07) is 4.05. The van der Waals surface area contributed by atoms with Crippen LogP contribution < -0.4 is 5.32 Å². The summed E-state index contributed by atoms with van der Waals surface area (Å²) in [5, 5.41) is 11.6. The number of nitrogens with one attached hydrogen (secondary N) is 1. The van der Waals surface area contributed by atoms with Gasteiger partial charge in [-0.05, 0) is 36.6 Å². The molecule has 3 rings (SSSR count). The van der Waals surface area contributed by atoms with Crippen LogP contribution in [0, 0.1) is 0 Å². The van der Waals surface area contributed by atoms with Gasteiger partial charge in [-0.1, -0.05) is 0 Å². The van der Waals surface area contributed by atoms with E-state index in [9.17, 15) is 0 Å². The van der Waals surface area contributed by atoms with Crippen LogP contribution in [0.2, 0.25) is 5.22 Å². The van der Waals surface area contributed by atoms with Crippen molar-refractivity contribution in [3.05, 3.63) is 23.2 Å². The predicted octanol–water partition coefficient (Wildman–Crippen LogP) is 2.28. The van der Waals surface area contributed by atoms with Gasteiger partial charge in [0.25, 0.3) is 5.89 Å². The molecule has 90 valence electrons. The van der Waals surface area contributed by atoms with Crippen LogP contribution in [0.3, 0.4) is 0 Å². The van der Waals surface area contributed by atoms with E-state index in [-0.39, 0.29) is 0 Å². The van der Waals surface area contributed by atoms with Crippen molar-refractivity contribution in [1.82, 2.24) is 15.5 Å². The quantitative estimate of drug-likeness (QED) is 0.886. The Morgan fingerprint density at radius 1 is 1.29 bits per heavy atom. The van der Waals surface area contributed by atoms with E-state index in [1.807, 2.05) is 0 Å². The highest BCUT2D eigenvalue weighted by Gasteiger charge is 2.20. The molecule has 1 aliphatic rings. The van der Waals surface area contributed by atoms with Crippen LogP contribution in [0.15, 0.2) is 21.0 Å². The summed E-state index contributed by atoms with van der Waals surface area (Å²) >= 11 is 5.68. The number of hydrogen-bond donors (Lipinski definition) is 1. The summed E-state index contributed by atoms with van der Waals surface area (Å²) in [7, 11) is 0. The topological polar surface area (TPSA) is 64.1 Å². The van der Waals surface area contributed by atoms with Crippen molar-refractivity contribution in [3.8, 4) is 11.7 Å². The van der Waals surface area contributed by atoms with Crippen LogP contribution in [-0.4, -0.2) is 22.8 Å². The SMILES string of the molecule is Clc1ccc(-c2nnc(CCNC3CC3)o2)o1. The van der Waals surface area contributed by atoms with E-state index in [0.717, 1.165) is 13.0 Å². The van der Waals surface area contributed by atoms with Gasteiger partial charge in [-0.2, -0.15) is 0 Å². The Morgan fingerprint density at radius 2 is 2.18 bits per heavy atom. The molecule has 0 amide bonds. The standard InChI is InChI=1S/C11H12ClN3O2/c12-9-4-3-8(16-9)11-15-14-10(17-11)5-6-13-7-1-2-7/h3-4,7,13H,1-2,5-6H2. The van der Waals surface area contributed by atoms with Crippen molar-refractivity contribution < 1.29 is 8.83 Å². The van der Waals surface area contributed by atoms with E-state index < -0.39 is 0 Å². The number of furan rings is 1. The minimum absolute atomic E-state index is 0.315. The third kappa shape index (κ3) is 2.68. The fraction of sp³-hybridized carbons (Fsp3) is 0.455. The second kappa shape index (κ2) is 4.50. The van der Waals surface area contributed by atoms with E-state index in [1.54, 1.807) is 12.1 Å².